The predicted octanol–water partition coefficient (Wildman–Crippen LogP) is 5.64. The van der Waals surface area contributed by atoms with Crippen molar-refractivity contribution in [1.82, 2.24) is 20.1 Å². The number of amides is 2. The summed E-state index contributed by atoms with van der Waals surface area (Å²) >= 11 is 0. The Bertz CT molecular complexity index is 883. The number of carbonyl (C=O) groups is 1. The molecule has 0 spiro atoms. The molecule has 2 fully saturated rings. The third kappa shape index (κ3) is 12.2. The highest BCUT2D eigenvalue weighted by Gasteiger charge is 2.23. The van der Waals surface area contributed by atoms with Crippen LogP contribution in [0.5, 0.6) is 0 Å². The van der Waals surface area contributed by atoms with Crippen LogP contribution in [0.25, 0.3) is 0 Å². The van der Waals surface area contributed by atoms with Crippen LogP contribution in [0.3, 0.4) is 0 Å². The van der Waals surface area contributed by atoms with Gasteiger partial charge in [-0.25, -0.2) is 4.79 Å². The zero-order valence-corrected chi connectivity index (χ0v) is 24.6. The molecule has 2 amide bonds. The van der Waals surface area contributed by atoms with Crippen LogP contribution in [0.4, 0.5) is 4.79 Å². The Morgan fingerprint density at radius 1 is 1.05 bits per heavy atom. The highest BCUT2D eigenvalue weighted by Crippen LogP contribution is 2.26. The largest absolute Gasteiger partial charge is 0.385 e. The summed E-state index contributed by atoms with van der Waals surface area (Å²) in [6, 6.07) is 16.2. The van der Waals surface area contributed by atoms with Gasteiger partial charge in [0.2, 0.25) is 0 Å². The number of benzene rings is 1. The Morgan fingerprint density at radius 2 is 1.72 bits per heavy atom. The third-order valence-electron chi connectivity index (χ3n) is 7.23. The van der Waals surface area contributed by atoms with Crippen LogP contribution in [0.2, 0.25) is 0 Å². The number of nitrogens with zero attached hydrogens (tertiary/aromatic N) is 3. The summed E-state index contributed by atoms with van der Waals surface area (Å²) in [6.45, 7) is 13.4. The van der Waals surface area contributed by atoms with E-state index in [1.165, 1.54) is 11.3 Å². The van der Waals surface area contributed by atoms with Crippen molar-refractivity contribution in [2.24, 2.45) is 11.7 Å². The van der Waals surface area contributed by atoms with Crippen LogP contribution in [0, 0.1) is 5.92 Å². The Balaban J connectivity index is 0.000000243. The molecule has 7 nitrogen and oxygen atoms in total. The summed E-state index contributed by atoms with van der Waals surface area (Å²) in [6.07, 6.45) is 9.75. The van der Waals surface area contributed by atoms with Crippen molar-refractivity contribution in [3.63, 3.8) is 0 Å². The fraction of sp³-hybridized carbons (Fsp3) is 0.562. The maximum atomic E-state index is 11.2. The number of piperazine rings is 1. The number of aromatic nitrogens is 1. The number of rotatable bonds is 8. The number of urea groups is 1. The minimum Gasteiger partial charge on any atom is -0.385 e. The third-order valence-corrected chi connectivity index (χ3v) is 7.23. The molecular formula is C32H51N5O2. The van der Waals surface area contributed by atoms with Crippen LogP contribution < -0.4 is 11.1 Å². The van der Waals surface area contributed by atoms with Gasteiger partial charge in [-0.1, -0.05) is 63.2 Å². The molecule has 2 aromatic rings. The Hall–Kier alpha value is -2.90. The fourth-order valence-corrected chi connectivity index (χ4v) is 4.93. The van der Waals surface area contributed by atoms with E-state index in [9.17, 15) is 4.79 Å². The standard InChI is InChI=1S/C15H28N4O.C13H13N.C4H10O/c1-2-3-14(18-10-6-17-7-11-18)12-13-4-8-19(9-5-13)15(16)20;1-11(12-7-3-2-4-8-12)13-9-5-6-10-14-13;1-3-4-5-2/h3,13,17H,2,4-12H2,1H3,(H2,16,20);2-11H,1H3;3-4H2,1-2H3. The molecule has 7 heteroatoms. The van der Waals surface area contributed by atoms with Gasteiger partial charge in [-0.05, 0) is 55.7 Å². The first kappa shape index (κ1) is 32.3. The van der Waals surface area contributed by atoms with E-state index in [4.69, 9.17) is 10.5 Å². The average molecular weight is 538 g/mol. The first-order chi connectivity index (χ1) is 19.0. The van der Waals surface area contributed by atoms with Crippen molar-refractivity contribution >= 4 is 6.03 Å². The highest BCUT2D eigenvalue weighted by molar-refractivity contribution is 5.72. The second kappa shape index (κ2) is 19.2. The SMILES string of the molecule is CC(c1ccccc1)c1ccccn1.CCC=C(CC1CCN(C(N)=O)CC1)N1CCNCC1.CCCOC. The maximum absolute atomic E-state index is 11.2. The number of hydrogen-bond acceptors (Lipinski definition) is 5. The molecule has 0 saturated carbocycles. The summed E-state index contributed by atoms with van der Waals surface area (Å²) in [5, 5.41) is 3.41. The average Bonchev–Trinajstić information content (AvgIpc) is 2.99. The summed E-state index contributed by atoms with van der Waals surface area (Å²) in [5.41, 5.74) is 9.28. The monoisotopic (exact) mass is 537 g/mol. The first-order valence-corrected chi connectivity index (χ1v) is 14.6. The molecule has 216 valence electrons. The fourth-order valence-electron chi connectivity index (χ4n) is 4.93. The lowest BCUT2D eigenvalue weighted by Crippen LogP contribution is -2.44. The molecule has 1 aromatic heterocycles. The van der Waals surface area contributed by atoms with Gasteiger partial charge in [0.25, 0.3) is 0 Å². The van der Waals surface area contributed by atoms with Crippen LogP contribution in [0.15, 0.2) is 66.5 Å². The number of methoxy groups -OCH3 is 1. The van der Waals surface area contributed by atoms with Crippen molar-refractivity contribution < 1.29 is 9.53 Å². The zero-order chi connectivity index (χ0) is 28.3. The number of likely N-dealkylation sites (tertiary alicyclic amines) is 1. The lowest BCUT2D eigenvalue weighted by molar-refractivity contribution is 0.174. The molecule has 2 aliphatic rings. The molecular weight excluding hydrogens is 486 g/mol. The van der Waals surface area contributed by atoms with Crippen LogP contribution >= 0.6 is 0 Å². The number of allylic oxidation sites excluding steroid dienone is 2. The van der Waals surface area contributed by atoms with Crippen molar-refractivity contribution in [3.05, 3.63) is 77.8 Å². The molecule has 1 atom stereocenters. The van der Waals surface area contributed by atoms with Crippen molar-refractivity contribution in [3.8, 4) is 0 Å². The zero-order valence-electron chi connectivity index (χ0n) is 24.6. The van der Waals surface area contributed by atoms with Gasteiger partial charge in [-0.2, -0.15) is 0 Å². The van der Waals surface area contributed by atoms with E-state index >= 15 is 0 Å². The second-order valence-corrected chi connectivity index (χ2v) is 10.2. The maximum Gasteiger partial charge on any atom is 0.314 e. The van der Waals surface area contributed by atoms with Gasteiger partial charge in [-0.15, -0.1) is 0 Å². The second-order valence-electron chi connectivity index (χ2n) is 10.2. The molecule has 3 heterocycles. The summed E-state index contributed by atoms with van der Waals surface area (Å²) in [7, 11) is 1.71. The number of hydrogen-bond donors (Lipinski definition) is 2. The van der Waals surface area contributed by atoms with Gasteiger partial charge < -0.3 is 25.6 Å². The topological polar surface area (TPSA) is 83.7 Å². The van der Waals surface area contributed by atoms with Gasteiger partial charge >= 0.3 is 6.03 Å². The van der Waals surface area contributed by atoms with Gasteiger partial charge in [0.15, 0.2) is 0 Å². The number of primary amides is 1. The Morgan fingerprint density at radius 3 is 2.23 bits per heavy atom. The smallest absolute Gasteiger partial charge is 0.314 e. The van der Waals surface area contributed by atoms with Crippen molar-refractivity contribution in [1.29, 1.82) is 0 Å². The number of ether oxygens (including phenoxy) is 1. The number of carbonyl (C=O) groups excluding carboxylic acids is 1. The molecule has 3 N–H and O–H groups in total. The Labute approximate surface area is 236 Å². The molecule has 0 bridgehead atoms. The van der Waals surface area contributed by atoms with Crippen LogP contribution in [-0.2, 0) is 4.74 Å². The van der Waals surface area contributed by atoms with Gasteiger partial charge in [0, 0.05) is 76.5 Å². The first-order valence-electron chi connectivity index (χ1n) is 14.6. The summed E-state index contributed by atoms with van der Waals surface area (Å²) in [4.78, 5) is 19.8. The molecule has 1 aromatic carbocycles. The Kier molecular flexibility index (Phi) is 15.9. The van der Waals surface area contributed by atoms with E-state index in [0.29, 0.717) is 11.8 Å². The number of piperidine rings is 1. The molecule has 4 rings (SSSR count). The van der Waals surface area contributed by atoms with Gasteiger partial charge in [0.1, 0.15) is 0 Å². The molecule has 2 aliphatic heterocycles. The van der Waals surface area contributed by atoms with E-state index in [0.717, 1.165) is 83.7 Å². The van der Waals surface area contributed by atoms with Gasteiger partial charge in [0.05, 0.1) is 0 Å². The number of nitrogens with one attached hydrogen (secondary N) is 1. The summed E-state index contributed by atoms with van der Waals surface area (Å²) in [5.74, 6) is 1.07. The highest BCUT2D eigenvalue weighted by atomic mass is 16.5. The predicted molar refractivity (Wildman–Crippen MR) is 162 cm³/mol. The van der Waals surface area contributed by atoms with Gasteiger partial charge in [-0.3, -0.25) is 4.98 Å². The minimum absolute atomic E-state index is 0.269. The number of pyridine rings is 1. The van der Waals surface area contributed by atoms with E-state index in [-0.39, 0.29) is 6.03 Å². The van der Waals surface area contributed by atoms with Crippen LogP contribution in [0.1, 0.15) is 70.1 Å². The number of nitrogens with two attached hydrogens (primary N) is 1. The van der Waals surface area contributed by atoms with Crippen LogP contribution in [-0.4, -0.2) is 73.8 Å². The van der Waals surface area contributed by atoms with E-state index in [2.05, 4.69) is 72.4 Å². The molecule has 2 saturated heterocycles. The molecule has 1 unspecified atom stereocenters. The van der Waals surface area contributed by atoms with E-state index < -0.39 is 0 Å². The van der Waals surface area contributed by atoms with E-state index in [1.807, 2.05) is 24.4 Å². The summed E-state index contributed by atoms with van der Waals surface area (Å²) < 4.78 is 4.69. The molecule has 39 heavy (non-hydrogen) atoms. The minimum atomic E-state index is -0.269. The molecule has 0 radical (unpaired) electrons. The van der Waals surface area contributed by atoms with Crippen molar-refractivity contribution in [2.45, 2.75) is 58.8 Å². The lowest BCUT2D eigenvalue weighted by atomic mass is 9.91. The normalized spacial score (nSPS) is 16.9. The lowest BCUT2D eigenvalue weighted by Gasteiger charge is -2.36. The van der Waals surface area contributed by atoms with Crippen molar-refractivity contribution in [2.75, 3.05) is 53.0 Å². The quantitative estimate of drug-likeness (QED) is 0.455. The molecule has 0 aliphatic carbocycles. The van der Waals surface area contributed by atoms with E-state index in [1.54, 1.807) is 12.0 Å².